The highest BCUT2D eigenvalue weighted by Gasteiger charge is 2.40. The molecular weight excluding hydrogens is 230 g/mol. The van der Waals surface area contributed by atoms with Gasteiger partial charge in [-0.05, 0) is 32.7 Å². The van der Waals surface area contributed by atoms with Crippen molar-refractivity contribution >= 4 is 11.8 Å². The summed E-state index contributed by atoms with van der Waals surface area (Å²) in [5.41, 5.74) is 0. The van der Waals surface area contributed by atoms with Crippen molar-refractivity contribution in [2.24, 2.45) is 0 Å². The van der Waals surface area contributed by atoms with Crippen LogP contribution in [0.4, 0.5) is 0 Å². The summed E-state index contributed by atoms with van der Waals surface area (Å²) in [5, 5.41) is 2.62. The number of rotatable bonds is 1. The van der Waals surface area contributed by atoms with E-state index in [4.69, 9.17) is 0 Å². The van der Waals surface area contributed by atoms with Gasteiger partial charge < -0.3 is 15.1 Å². The molecule has 0 radical (unpaired) electrons. The lowest BCUT2D eigenvalue weighted by Crippen LogP contribution is -2.61. The number of nitrogens with one attached hydrogen (secondary N) is 1. The molecule has 3 heterocycles. The van der Waals surface area contributed by atoms with Gasteiger partial charge in [0.05, 0.1) is 13.1 Å². The van der Waals surface area contributed by atoms with E-state index in [-0.39, 0.29) is 30.9 Å². The van der Waals surface area contributed by atoms with Gasteiger partial charge in [0, 0.05) is 18.1 Å². The molecule has 0 aromatic heterocycles. The maximum Gasteiger partial charge on any atom is 0.242 e. The molecule has 2 unspecified atom stereocenters. The molecule has 18 heavy (non-hydrogen) atoms. The topological polar surface area (TPSA) is 52.6 Å². The molecule has 5 nitrogen and oxygen atoms in total. The molecule has 2 atom stereocenters. The van der Waals surface area contributed by atoms with Crippen LogP contribution >= 0.6 is 0 Å². The van der Waals surface area contributed by atoms with Crippen molar-refractivity contribution in [1.29, 1.82) is 0 Å². The molecule has 0 aromatic carbocycles. The molecule has 3 aliphatic heterocycles. The van der Waals surface area contributed by atoms with Gasteiger partial charge in [-0.3, -0.25) is 9.59 Å². The predicted molar refractivity (Wildman–Crippen MR) is 66.9 cm³/mol. The summed E-state index contributed by atoms with van der Waals surface area (Å²) >= 11 is 0. The van der Waals surface area contributed by atoms with Crippen LogP contribution in [0.2, 0.25) is 0 Å². The minimum atomic E-state index is -0.0151. The highest BCUT2D eigenvalue weighted by molar-refractivity contribution is 5.92. The summed E-state index contributed by atoms with van der Waals surface area (Å²) in [4.78, 5) is 27.7. The Kier molecular flexibility index (Phi) is 3.01. The van der Waals surface area contributed by atoms with E-state index in [9.17, 15) is 9.59 Å². The van der Waals surface area contributed by atoms with E-state index in [2.05, 4.69) is 17.3 Å². The number of carbonyl (C=O) groups excluding carboxylic acids is 2. The molecule has 1 N–H and O–H groups in total. The fraction of sp³-hybridized carbons (Fsp3) is 0.846. The summed E-state index contributed by atoms with van der Waals surface area (Å²) in [6.45, 7) is 0.438. The largest absolute Gasteiger partial charge is 0.345 e. The Balaban J connectivity index is 1.73. The third-order valence-electron chi connectivity index (χ3n) is 4.83. The molecule has 3 rings (SSSR count). The first-order valence-electron chi connectivity index (χ1n) is 6.93. The Hall–Kier alpha value is -1.10. The summed E-state index contributed by atoms with van der Waals surface area (Å²) < 4.78 is 0. The van der Waals surface area contributed by atoms with Crippen molar-refractivity contribution in [1.82, 2.24) is 15.1 Å². The molecule has 5 heteroatoms. The number of piperazine rings is 1. The van der Waals surface area contributed by atoms with Crippen LogP contribution in [0.3, 0.4) is 0 Å². The minimum absolute atomic E-state index is 0.0151. The zero-order valence-electron chi connectivity index (χ0n) is 10.9. The number of fused-ring (bicyclic) bond motifs is 2. The summed E-state index contributed by atoms with van der Waals surface area (Å²) in [6.07, 6.45) is 5.84. The lowest BCUT2D eigenvalue weighted by molar-refractivity contribution is -0.145. The number of nitrogens with zero attached hydrogens (tertiary/aromatic N) is 2. The van der Waals surface area contributed by atoms with Crippen LogP contribution < -0.4 is 5.32 Å². The maximum atomic E-state index is 11.9. The van der Waals surface area contributed by atoms with Gasteiger partial charge >= 0.3 is 0 Å². The van der Waals surface area contributed by atoms with Crippen LogP contribution in [0.1, 0.15) is 32.1 Å². The average molecular weight is 251 g/mol. The van der Waals surface area contributed by atoms with Gasteiger partial charge in [0.15, 0.2) is 0 Å². The highest BCUT2D eigenvalue weighted by Crippen LogP contribution is 2.34. The van der Waals surface area contributed by atoms with Crippen molar-refractivity contribution in [3.8, 4) is 0 Å². The molecule has 0 aromatic rings. The SMILES string of the molecule is CN1C2CCCC1CC(N1CC(=O)NCC1=O)C2. The molecule has 2 amide bonds. The Morgan fingerprint density at radius 1 is 1.11 bits per heavy atom. The normalized spacial score (nSPS) is 37.6. The first-order valence-corrected chi connectivity index (χ1v) is 6.93. The van der Waals surface area contributed by atoms with Crippen molar-refractivity contribution < 1.29 is 9.59 Å². The third-order valence-corrected chi connectivity index (χ3v) is 4.83. The lowest BCUT2D eigenvalue weighted by atomic mass is 9.81. The van der Waals surface area contributed by atoms with Crippen molar-refractivity contribution in [3.63, 3.8) is 0 Å². The lowest BCUT2D eigenvalue weighted by Gasteiger charge is -2.50. The van der Waals surface area contributed by atoms with Gasteiger partial charge in [0.25, 0.3) is 0 Å². The van der Waals surface area contributed by atoms with Gasteiger partial charge in [0.2, 0.25) is 11.8 Å². The van der Waals surface area contributed by atoms with Crippen LogP contribution in [0.5, 0.6) is 0 Å². The fourth-order valence-electron chi connectivity index (χ4n) is 3.75. The summed E-state index contributed by atoms with van der Waals surface area (Å²) in [6, 6.07) is 1.47. The van der Waals surface area contributed by atoms with Gasteiger partial charge in [-0.2, -0.15) is 0 Å². The molecule has 0 aliphatic carbocycles. The number of hydrogen-bond acceptors (Lipinski definition) is 3. The summed E-state index contributed by atoms with van der Waals surface area (Å²) in [7, 11) is 2.20. The highest BCUT2D eigenvalue weighted by atomic mass is 16.2. The molecule has 3 fully saturated rings. The zero-order valence-corrected chi connectivity index (χ0v) is 10.9. The van der Waals surface area contributed by atoms with E-state index in [0.29, 0.717) is 12.1 Å². The van der Waals surface area contributed by atoms with Gasteiger partial charge in [-0.1, -0.05) is 6.42 Å². The second-order valence-electron chi connectivity index (χ2n) is 5.83. The van der Waals surface area contributed by atoms with E-state index in [0.717, 1.165) is 12.8 Å². The van der Waals surface area contributed by atoms with Crippen molar-refractivity contribution in [2.75, 3.05) is 20.1 Å². The quantitative estimate of drug-likeness (QED) is 0.711. The Morgan fingerprint density at radius 2 is 1.78 bits per heavy atom. The Labute approximate surface area is 107 Å². The Morgan fingerprint density at radius 3 is 2.44 bits per heavy atom. The molecule has 3 saturated heterocycles. The molecule has 3 aliphatic rings. The zero-order chi connectivity index (χ0) is 12.7. The second kappa shape index (κ2) is 4.53. The maximum absolute atomic E-state index is 11.9. The number of amides is 2. The standard InChI is InChI=1S/C13H21N3O2/c1-15-9-3-2-4-10(15)6-11(5-9)16-8-12(17)14-7-13(16)18/h9-11H,2-8H2,1H3,(H,14,17). The first-order chi connectivity index (χ1) is 8.65. The second-order valence-corrected chi connectivity index (χ2v) is 5.83. The minimum Gasteiger partial charge on any atom is -0.345 e. The van der Waals surface area contributed by atoms with E-state index in [1.807, 2.05) is 4.90 Å². The monoisotopic (exact) mass is 251 g/mol. The average Bonchev–Trinajstić information content (AvgIpc) is 2.32. The van der Waals surface area contributed by atoms with Crippen LogP contribution in [0.15, 0.2) is 0 Å². The number of carbonyl (C=O) groups is 2. The number of piperidine rings is 2. The Bertz CT molecular complexity index is 357. The van der Waals surface area contributed by atoms with E-state index in [1.165, 1.54) is 19.3 Å². The molecular formula is C13H21N3O2. The molecule has 100 valence electrons. The third kappa shape index (κ3) is 2.00. The van der Waals surface area contributed by atoms with Crippen LogP contribution in [-0.2, 0) is 9.59 Å². The van der Waals surface area contributed by atoms with Crippen LogP contribution in [0.25, 0.3) is 0 Å². The first kappa shape index (κ1) is 12.0. The fourth-order valence-corrected chi connectivity index (χ4v) is 3.75. The smallest absolute Gasteiger partial charge is 0.242 e. The van der Waals surface area contributed by atoms with E-state index < -0.39 is 0 Å². The van der Waals surface area contributed by atoms with E-state index >= 15 is 0 Å². The van der Waals surface area contributed by atoms with Crippen molar-refractivity contribution in [3.05, 3.63) is 0 Å². The van der Waals surface area contributed by atoms with Gasteiger partial charge in [-0.25, -0.2) is 0 Å². The molecule has 0 spiro atoms. The molecule has 2 bridgehead atoms. The predicted octanol–water partition coefficient (Wildman–Crippen LogP) is -0.0399. The van der Waals surface area contributed by atoms with Crippen LogP contribution in [-0.4, -0.2) is 59.9 Å². The number of hydrogen-bond donors (Lipinski definition) is 1. The van der Waals surface area contributed by atoms with E-state index in [1.54, 1.807) is 0 Å². The molecule has 0 saturated carbocycles. The van der Waals surface area contributed by atoms with Gasteiger partial charge in [-0.15, -0.1) is 0 Å². The summed E-state index contributed by atoms with van der Waals surface area (Å²) in [5.74, 6) is 0.0703. The van der Waals surface area contributed by atoms with Crippen molar-refractivity contribution in [2.45, 2.75) is 50.2 Å². The van der Waals surface area contributed by atoms with Gasteiger partial charge in [0.1, 0.15) is 0 Å². The van der Waals surface area contributed by atoms with Crippen LogP contribution in [0, 0.1) is 0 Å².